The van der Waals surface area contributed by atoms with E-state index in [0.717, 1.165) is 31.7 Å². The molecule has 0 aliphatic carbocycles. The van der Waals surface area contributed by atoms with Crippen molar-refractivity contribution in [3.63, 3.8) is 0 Å². The van der Waals surface area contributed by atoms with Gasteiger partial charge >= 0.3 is 0 Å². The van der Waals surface area contributed by atoms with Gasteiger partial charge in [0.2, 0.25) is 0 Å². The van der Waals surface area contributed by atoms with Gasteiger partial charge in [-0.3, -0.25) is 4.90 Å². The van der Waals surface area contributed by atoms with E-state index in [1.807, 2.05) is 0 Å². The summed E-state index contributed by atoms with van der Waals surface area (Å²) in [7, 11) is 0. The summed E-state index contributed by atoms with van der Waals surface area (Å²) < 4.78 is 13.4. The average Bonchev–Trinajstić information content (AvgIpc) is 2.36. The summed E-state index contributed by atoms with van der Waals surface area (Å²) in [5.74, 6) is -0.324. The van der Waals surface area contributed by atoms with Crippen molar-refractivity contribution >= 4 is 24.0 Å². The molecule has 108 valence electrons. The van der Waals surface area contributed by atoms with E-state index in [1.54, 1.807) is 6.07 Å². The first-order valence-corrected chi connectivity index (χ1v) is 6.60. The predicted molar refractivity (Wildman–Crippen MR) is 77.5 cm³/mol. The summed E-state index contributed by atoms with van der Waals surface area (Å²) in [5, 5.41) is 12.9. The molecule has 1 aliphatic heterocycles. The summed E-state index contributed by atoms with van der Waals surface area (Å²) in [5.41, 5.74) is 0.843. The molecule has 1 atom stereocenters. The number of aliphatic hydroxyl groups excluding tert-OH is 1. The molecule has 1 aliphatic rings. The van der Waals surface area contributed by atoms with Gasteiger partial charge in [0, 0.05) is 43.9 Å². The quantitative estimate of drug-likeness (QED) is 0.895. The van der Waals surface area contributed by atoms with Crippen LogP contribution in [0.25, 0.3) is 0 Å². The normalized spacial score (nSPS) is 17.8. The fourth-order valence-corrected chi connectivity index (χ4v) is 2.67. The molecule has 0 radical (unpaired) electrons. The van der Waals surface area contributed by atoms with Gasteiger partial charge in [-0.25, -0.2) is 4.39 Å². The molecule has 1 saturated heterocycles. The van der Waals surface area contributed by atoms with E-state index in [-0.39, 0.29) is 30.9 Å². The Labute approximate surface area is 124 Å². The number of hydrogen-bond donors (Lipinski definition) is 2. The maximum Gasteiger partial charge on any atom is 0.125 e. The number of aliphatic hydroxyl groups is 1. The largest absolute Gasteiger partial charge is 0.396 e. The molecule has 1 fully saturated rings. The number of halogens is 3. The zero-order chi connectivity index (χ0) is 13.0. The monoisotopic (exact) mass is 308 g/mol. The lowest BCUT2D eigenvalue weighted by Gasteiger charge is -2.35. The van der Waals surface area contributed by atoms with Crippen LogP contribution >= 0.6 is 24.0 Å². The summed E-state index contributed by atoms with van der Waals surface area (Å²) in [6.07, 6.45) is 0.597. The van der Waals surface area contributed by atoms with E-state index >= 15 is 0 Å². The molecule has 3 nitrogen and oxygen atoms in total. The van der Waals surface area contributed by atoms with Crippen LogP contribution in [0.15, 0.2) is 18.2 Å². The van der Waals surface area contributed by atoms with Crippen molar-refractivity contribution in [3.05, 3.63) is 34.6 Å². The standard InChI is InChI=1S/C13H18ClFN2O.ClH/c14-11-7-10(8-12(15)9-11)13(1-6-18)17-4-2-16-3-5-17;/h7-9,13,16,18H,1-6H2;1H/t13-;/m1./s1. The van der Waals surface area contributed by atoms with E-state index in [0.29, 0.717) is 11.4 Å². The Balaban J connectivity index is 0.00000180. The predicted octanol–water partition coefficient (Wildman–Crippen LogP) is 2.23. The summed E-state index contributed by atoms with van der Waals surface area (Å²) >= 11 is 5.90. The van der Waals surface area contributed by atoms with Crippen LogP contribution in [0.1, 0.15) is 18.0 Å². The van der Waals surface area contributed by atoms with Crippen LogP contribution in [0.2, 0.25) is 5.02 Å². The highest BCUT2D eigenvalue weighted by Gasteiger charge is 2.22. The van der Waals surface area contributed by atoms with Gasteiger partial charge in [-0.2, -0.15) is 0 Å². The molecule has 0 spiro atoms. The minimum absolute atomic E-state index is 0. The minimum atomic E-state index is -0.324. The van der Waals surface area contributed by atoms with E-state index in [9.17, 15) is 9.50 Å². The average molecular weight is 309 g/mol. The Morgan fingerprint density at radius 3 is 2.58 bits per heavy atom. The number of rotatable bonds is 4. The van der Waals surface area contributed by atoms with Gasteiger partial charge in [-0.05, 0) is 30.2 Å². The highest BCUT2D eigenvalue weighted by Crippen LogP contribution is 2.27. The molecule has 1 aromatic rings. The Morgan fingerprint density at radius 2 is 2.00 bits per heavy atom. The van der Waals surface area contributed by atoms with E-state index in [1.165, 1.54) is 12.1 Å². The molecule has 0 saturated carbocycles. The number of nitrogens with one attached hydrogen (secondary N) is 1. The molecule has 1 heterocycles. The Bertz CT molecular complexity index is 380. The minimum Gasteiger partial charge on any atom is -0.396 e. The van der Waals surface area contributed by atoms with Crippen LogP contribution in [-0.2, 0) is 0 Å². The van der Waals surface area contributed by atoms with Crippen LogP contribution in [0.3, 0.4) is 0 Å². The van der Waals surface area contributed by atoms with Crippen LogP contribution in [0.4, 0.5) is 4.39 Å². The fraction of sp³-hybridized carbons (Fsp3) is 0.538. The molecule has 0 aromatic heterocycles. The van der Waals surface area contributed by atoms with Crippen molar-refractivity contribution in [1.82, 2.24) is 10.2 Å². The van der Waals surface area contributed by atoms with E-state index in [2.05, 4.69) is 10.2 Å². The lowest BCUT2D eigenvalue weighted by molar-refractivity contribution is 0.141. The molecule has 0 unspecified atom stereocenters. The molecular formula is C13H19Cl2FN2O. The third kappa shape index (κ3) is 4.58. The smallest absolute Gasteiger partial charge is 0.125 e. The molecule has 2 N–H and O–H groups in total. The summed E-state index contributed by atoms with van der Waals surface area (Å²) in [6.45, 7) is 3.73. The zero-order valence-electron chi connectivity index (χ0n) is 10.6. The van der Waals surface area contributed by atoms with Gasteiger partial charge in [-0.15, -0.1) is 12.4 Å². The van der Waals surface area contributed by atoms with Crippen molar-refractivity contribution in [3.8, 4) is 0 Å². The van der Waals surface area contributed by atoms with Gasteiger partial charge in [0.05, 0.1) is 0 Å². The third-order valence-corrected chi connectivity index (χ3v) is 3.48. The second-order valence-corrected chi connectivity index (χ2v) is 4.95. The highest BCUT2D eigenvalue weighted by molar-refractivity contribution is 6.30. The van der Waals surface area contributed by atoms with Crippen LogP contribution in [-0.4, -0.2) is 42.8 Å². The maximum atomic E-state index is 13.4. The molecule has 1 aromatic carbocycles. The van der Waals surface area contributed by atoms with Crippen molar-refractivity contribution in [2.45, 2.75) is 12.5 Å². The van der Waals surface area contributed by atoms with Crippen molar-refractivity contribution in [2.75, 3.05) is 32.8 Å². The van der Waals surface area contributed by atoms with Crippen LogP contribution < -0.4 is 5.32 Å². The molecule has 2 rings (SSSR count). The fourth-order valence-electron chi connectivity index (χ4n) is 2.44. The van der Waals surface area contributed by atoms with Crippen molar-refractivity contribution in [2.24, 2.45) is 0 Å². The van der Waals surface area contributed by atoms with E-state index in [4.69, 9.17) is 11.6 Å². The molecule has 0 bridgehead atoms. The SMILES string of the molecule is Cl.OCC[C@H](c1cc(F)cc(Cl)c1)N1CCNCC1. The second-order valence-electron chi connectivity index (χ2n) is 4.52. The Hall–Kier alpha value is -0.390. The molecular weight excluding hydrogens is 290 g/mol. The maximum absolute atomic E-state index is 13.4. The first-order valence-electron chi connectivity index (χ1n) is 6.22. The molecule has 0 amide bonds. The summed E-state index contributed by atoms with van der Waals surface area (Å²) in [4.78, 5) is 2.26. The van der Waals surface area contributed by atoms with Gasteiger partial charge in [0.15, 0.2) is 0 Å². The zero-order valence-corrected chi connectivity index (χ0v) is 12.2. The van der Waals surface area contributed by atoms with Gasteiger partial charge in [-0.1, -0.05) is 11.6 Å². The van der Waals surface area contributed by atoms with Gasteiger partial charge in [0.25, 0.3) is 0 Å². The second kappa shape index (κ2) is 8.02. The highest BCUT2D eigenvalue weighted by atomic mass is 35.5. The Morgan fingerprint density at radius 1 is 1.32 bits per heavy atom. The first kappa shape index (κ1) is 16.7. The topological polar surface area (TPSA) is 35.5 Å². The van der Waals surface area contributed by atoms with Gasteiger partial charge < -0.3 is 10.4 Å². The van der Waals surface area contributed by atoms with Gasteiger partial charge in [0.1, 0.15) is 5.82 Å². The lowest BCUT2D eigenvalue weighted by Crippen LogP contribution is -2.45. The number of piperazine rings is 1. The van der Waals surface area contributed by atoms with Crippen LogP contribution in [0.5, 0.6) is 0 Å². The first-order chi connectivity index (χ1) is 8.70. The van der Waals surface area contributed by atoms with Crippen molar-refractivity contribution in [1.29, 1.82) is 0 Å². The Kier molecular flexibility index (Phi) is 7.04. The number of nitrogens with zero attached hydrogens (tertiary/aromatic N) is 1. The molecule has 6 heteroatoms. The molecule has 19 heavy (non-hydrogen) atoms. The number of hydrogen-bond acceptors (Lipinski definition) is 3. The summed E-state index contributed by atoms with van der Waals surface area (Å²) in [6, 6.07) is 4.63. The third-order valence-electron chi connectivity index (χ3n) is 3.26. The number of benzene rings is 1. The van der Waals surface area contributed by atoms with E-state index < -0.39 is 0 Å². The lowest BCUT2D eigenvalue weighted by atomic mass is 10.0. The van der Waals surface area contributed by atoms with Crippen molar-refractivity contribution < 1.29 is 9.50 Å². The van der Waals surface area contributed by atoms with Crippen LogP contribution in [0, 0.1) is 5.82 Å².